The highest BCUT2D eigenvalue weighted by molar-refractivity contribution is 5.74. The van der Waals surface area contributed by atoms with Crippen LogP contribution in [0.4, 0.5) is 0 Å². The molecule has 0 bridgehead atoms. The fraction of sp³-hybridized carbons (Fsp3) is 0.0698. The van der Waals surface area contributed by atoms with E-state index in [-0.39, 0.29) is 5.41 Å². The van der Waals surface area contributed by atoms with E-state index in [2.05, 4.69) is 98.8 Å². The lowest BCUT2D eigenvalue weighted by molar-refractivity contribution is 0.417. The smallest absolute Gasteiger partial charge is 0.164 e. The maximum atomic E-state index is 9.75. The van der Waals surface area contributed by atoms with E-state index < -0.39 is 0 Å². The summed E-state index contributed by atoms with van der Waals surface area (Å²) in [6.07, 6.45) is 0. The van der Waals surface area contributed by atoms with Gasteiger partial charge in [-0.15, -0.1) is 0 Å². The monoisotopic (exact) mass is 618 g/mol. The Morgan fingerprint density at radius 3 is 1.50 bits per heavy atom. The molecule has 6 aromatic carbocycles. The van der Waals surface area contributed by atoms with Crippen molar-refractivity contribution in [2.45, 2.75) is 19.3 Å². The first-order valence-corrected chi connectivity index (χ1v) is 15.9. The van der Waals surface area contributed by atoms with Crippen LogP contribution in [0.3, 0.4) is 0 Å². The second kappa shape index (κ2) is 11.8. The van der Waals surface area contributed by atoms with Crippen LogP contribution >= 0.6 is 0 Å². The van der Waals surface area contributed by atoms with Crippen LogP contribution in [-0.2, 0) is 5.41 Å². The molecule has 0 atom stereocenters. The summed E-state index contributed by atoms with van der Waals surface area (Å²) in [5, 5.41) is 9.75. The lowest BCUT2D eigenvalue weighted by atomic mass is 9.73. The summed E-state index contributed by atoms with van der Waals surface area (Å²) in [5.41, 5.74) is 9.40. The third-order valence-corrected chi connectivity index (χ3v) is 9.04. The van der Waals surface area contributed by atoms with Crippen LogP contribution in [-0.4, -0.2) is 15.0 Å². The van der Waals surface area contributed by atoms with Crippen molar-refractivity contribution in [2.24, 2.45) is 0 Å². The second-order valence-electron chi connectivity index (χ2n) is 12.4. The quantitative estimate of drug-likeness (QED) is 0.192. The molecule has 0 radical (unpaired) electrons. The third kappa shape index (κ3) is 5.20. The first-order valence-electron chi connectivity index (χ1n) is 15.9. The van der Waals surface area contributed by atoms with E-state index in [0.717, 1.165) is 61.6 Å². The molecule has 0 saturated heterocycles. The second-order valence-corrected chi connectivity index (χ2v) is 12.4. The number of rotatable bonds is 5. The van der Waals surface area contributed by atoms with E-state index in [4.69, 9.17) is 19.7 Å². The van der Waals surface area contributed by atoms with E-state index in [0.29, 0.717) is 23.0 Å². The molecule has 228 valence electrons. The standard InChI is InChI=1S/C43H30N4O/c1-43(2)36-25-24-34(26-38(36)48-37-15-9-14-35(27-44)39(37)43)30-18-22-33(23-19-30)42-46-40(31-12-7-4-8-13-31)45-41(47-42)32-20-16-29(17-21-32)28-10-5-3-6-11-28/h3-26H,1-2H3. The van der Waals surface area contributed by atoms with E-state index in [1.807, 2.05) is 66.7 Å². The molecule has 48 heavy (non-hydrogen) atoms. The Balaban J connectivity index is 1.14. The van der Waals surface area contributed by atoms with Gasteiger partial charge in [0.05, 0.1) is 11.6 Å². The van der Waals surface area contributed by atoms with Gasteiger partial charge >= 0.3 is 0 Å². The van der Waals surface area contributed by atoms with Gasteiger partial charge in [0, 0.05) is 33.2 Å². The van der Waals surface area contributed by atoms with Gasteiger partial charge in [0.15, 0.2) is 17.5 Å². The molecule has 8 rings (SSSR count). The first-order chi connectivity index (χ1) is 23.5. The Kier molecular flexibility index (Phi) is 7.12. The van der Waals surface area contributed by atoms with E-state index in [1.165, 1.54) is 0 Å². The molecule has 0 spiro atoms. The van der Waals surface area contributed by atoms with E-state index in [1.54, 1.807) is 0 Å². The van der Waals surface area contributed by atoms with Crippen LogP contribution in [0, 0.1) is 11.3 Å². The highest BCUT2D eigenvalue weighted by atomic mass is 16.5. The predicted molar refractivity (Wildman–Crippen MR) is 190 cm³/mol. The van der Waals surface area contributed by atoms with Crippen LogP contribution in [0.2, 0.25) is 0 Å². The number of nitrogens with zero attached hydrogens (tertiary/aromatic N) is 4. The lowest BCUT2D eigenvalue weighted by Gasteiger charge is -2.35. The van der Waals surface area contributed by atoms with Gasteiger partial charge in [-0.05, 0) is 40.5 Å². The zero-order chi connectivity index (χ0) is 32.7. The molecular weight excluding hydrogens is 589 g/mol. The predicted octanol–water partition coefficient (Wildman–Crippen LogP) is 10.5. The molecule has 0 amide bonds. The Morgan fingerprint density at radius 2 is 0.938 bits per heavy atom. The Bertz CT molecular complexity index is 2320. The molecule has 1 aliphatic rings. The zero-order valence-electron chi connectivity index (χ0n) is 26.6. The van der Waals surface area contributed by atoms with Gasteiger partial charge in [0.1, 0.15) is 11.5 Å². The number of ether oxygens (including phenoxy) is 1. The molecule has 2 heterocycles. The Hall–Kier alpha value is -6.38. The molecule has 5 nitrogen and oxygen atoms in total. The normalized spacial score (nSPS) is 12.7. The number of hydrogen-bond donors (Lipinski definition) is 0. The van der Waals surface area contributed by atoms with Crippen LogP contribution in [0.25, 0.3) is 56.4 Å². The van der Waals surface area contributed by atoms with Gasteiger partial charge in [0.2, 0.25) is 0 Å². The summed E-state index contributed by atoms with van der Waals surface area (Å²) in [4.78, 5) is 14.8. The largest absolute Gasteiger partial charge is 0.457 e. The summed E-state index contributed by atoms with van der Waals surface area (Å²) >= 11 is 0. The maximum absolute atomic E-state index is 9.75. The number of nitriles is 1. The molecule has 0 unspecified atom stereocenters. The minimum Gasteiger partial charge on any atom is -0.457 e. The van der Waals surface area contributed by atoms with Gasteiger partial charge in [0.25, 0.3) is 0 Å². The van der Waals surface area contributed by atoms with Gasteiger partial charge in [-0.3, -0.25) is 0 Å². The molecule has 0 saturated carbocycles. The van der Waals surface area contributed by atoms with Gasteiger partial charge in [-0.2, -0.15) is 5.26 Å². The van der Waals surface area contributed by atoms with Crippen LogP contribution in [0.1, 0.15) is 30.5 Å². The van der Waals surface area contributed by atoms with Crippen LogP contribution in [0.15, 0.2) is 146 Å². The number of fused-ring (bicyclic) bond motifs is 2. The van der Waals surface area contributed by atoms with Crippen molar-refractivity contribution in [1.82, 2.24) is 15.0 Å². The SMILES string of the molecule is CC1(C)c2ccc(-c3ccc(-c4nc(-c5ccccc5)nc(-c5ccc(-c6ccccc6)cc5)n4)cc3)cc2Oc2cccc(C#N)c21. The fourth-order valence-corrected chi connectivity index (χ4v) is 6.51. The Morgan fingerprint density at radius 1 is 0.479 bits per heavy atom. The average Bonchev–Trinajstić information content (AvgIpc) is 3.15. The van der Waals surface area contributed by atoms with Crippen molar-refractivity contribution in [3.8, 4) is 74.0 Å². The van der Waals surface area contributed by atoms with E-state index >= 15 is 0 Å². The summed E-state index contributed by atoms with van der Waals surface area (Å²) in [6.45, 7) is 4.29. The van der Waals surface area contributed by atoms with Crippen molar-refractivity contribution in [3.05, 3.63) is 162 Å². The molecular formula is C43H30N4O. The molecule has 7 aromatic rings. The van der Waals surface area contributed by atoms with Gasteiger partial charge in [-0.25, -0.2) is 15.0 Å². The van der Waals surface area contributed by atoms with Crippen molar-refractivity contribution < 1.29 is 4.74 Å². The molecule has 1 aromatic heterocycles. The average molecular weight is 619 g/mol. The zero-order valence-corrected chi connectivity index (χ0v) is 26.6. The van der Waals surface area contributed by atoms with Crippen molar-refractivity contribution in [3.63, 3.8) is 0 Å². The van der Waals surface area contributed by atoms with E-state index in [9.17, 15) is 5.26 Å². The minimum atomic E-state index is -0.369. The molecule has 0 fully saturated rings. The highest BCUT2D eigenvalue weighted by Gasteiger charge is 2.36. The molecule has 1 aliphatic heterocycles. The Labute approximate surface area is 279 Å². The molecule has 0 aliphatic carbocycles. The fourth-order valence-electron chi connectivity index (χ4n) is 6.51. The minimum absolute atomic E-state index is 0.369. The third-order valence-electron chi connectivity index (χ3n) is 9.04. The summed E-state index contributed by atoms with van der Waals surface area (Å²) in [6, 6.07) is 51.3. The van der Waals surface area contributed by atoms with Gasteiger partial charge < -0.3 is 4.74 Å². The number of hydrogen-bond acceptors (Lipinski definition) is 5. The molecule has 0 N–H and O–H groups in total. The number of benzene rings is 6. The highest BCUT2D eigenvalue weighted by Crippen LogP contribution is 2.50. The summed E-state index contributed by atoms with van der Waals surface area (Å²) in [5.74, 6) is 3.39. The lowest BCUT2D eigenvalue weighted by Crippen LogP contribution is -2.25. The van der Waals surface area contributed by atoms with Crippen molar-refractivity contribution in [1.29, 1.82) is 5.26 Å². The maximum Gasteiger partial charge on any atom is 0.164 e. The number of aromatic nitrogens is 3. The summed E-state index contributed by atoms with van der Waals surface area (Å²) < 4.78 is 6.38. The molecule has 5 heteroatoms. The van der Waals surface area contributed by atoms with Crippen molar-refractivity contribution in [2.75, 3.05) is 0 Å². The van der Waals surface area contributed by atoms with Crippen LogP contribution < -0.4 is 4.74 Å². The summed E-state index contributed by atoms with van der Waals surface area (Å²) in [7, 11) is 0. The van der Waals surface area contributed by atoms with Gasteiger partial charge in [-0.1, -0.05) is 141 Å². The van der Waals surface area contributed by atoms with Crippen molar-refractivity contribution >= 4 is 0 Å². The van der Waals surface area contributed by atoms with Crippen LogP contribution in [0.5, 0.6) is 11.5 Å². The topological polar surface area (TPSA) is 71.7 Å². The first kappa shape index (κ1) is 29.1.